The number of nitrogens with two attached hydrogens (primary N) is 1. The highest BCUT2D eigenvalue weighted by Crippen LogP contribution is 2.23. The quantitative estimate of drug-likeness (QED) is 0.835. The summed E-state index contributed by atoms with van der Waals surface area (Å²) in [5, 5.41) is 0. The van der Waals surface area contributed by atoms with Crippen molar-refractivity contribution in [1.82, 2.24) is 0 Å². The first-order valence-corrected chi connectivity index (χ1v) is 5.47. The van der Waals surface area contributed by atoms with Gasteiger partial charge in [-0.3, -0.25) is 0 Å². The number of furan rings is 1. The second kappa shape index (κ2) is 4.14. The van der Waals surface area contributed by atoms with Crippen molar-refractivity contribution < 1.29 is 4.42 Å². The molecule has 0 saturated carbocycles. The molecule has 1 aromatic heterocycles. The molecule has 0 bridgehead atoms. The average molecular weight is 215 g/mol. The number of benzene rings is 1. The predicted molar refractivity (Wildman–Crippen MR) is 65.4 cm³/mol. The molecule has 0 amide bonds. The molecule has 2 aromatic rings. The van der Waals surface area contributed by atoms with E-state index in [0.29, 0.717) is 0 Å². The maximum absolute atomic E-state index is 6.15. The van der Waals surface area contributed by atoms with Crippen LogP contribution < -0.4 is 5.73 Å². The lowest BCUT2D eigenvalue weighted by molar-refractivity contribution is 0.466. The van der Waals surface area contributed by atoms with Crippen molar-refractivity contribution in [2.45, 2.75) is 26.8 Å². The lowest BCUT2D eigenvalue weighted by Gasteiger charge is -2.11. The van der Waals surface area contributed by atoms with Crippen molar-refractivity contribution in [3.8, 4) is 0 Å². The molecule has 2 nitrogen and oxygen atoms in total. The van der Waals surface area contributed by atoms with Crippen LogP contribution in [0.4, 0.5) is 0 Å². The van der Waals surface area contributed by atoms with Gasteiger partial charge in [-0.05, 0) is 49.6 Å². The summed E-state index contributed by atoms with van der Waals surface area (Å²) in [7, 11) is 0. The number of rotatable bonds is 2. The monoisotopic (exact) mass is 215 g/mol. The molecule has 2 rings (SSSR count). The summed E-state index contributed by atoms with van der Waals surface area (Å²) in [6.45, 7) is 6.12. The van der Waals surface area contributed by atoms with Crippen LogP contribution in [-0.2, 0) is 0 Å². The van der Waals surface area contributed by atoms with Crippen molar-refractivity contribution >= 4 is 0 Å². The standard InChI is InChI=1S/C14H17NO/c1-9-4-6-12(8-10(9)2)14(15)13-7-5-11(3)16-13/h4-8,14H,15H2,1-3H3. The molecule has 84 valence electrons. The Bertz CT molecular complexity index is 499. The first-order chi connectivity index (χ1) is 7.58. The SMILES string of the molecule is Cc1ccc(C(N)c2ccc(C)c(C)c2)o1. The van der Waals surface area contributed by atoms with E-state index in [0.717, 1.165) is 17.1 Å². The topological polar surface area (TPSA) is 39.2 Å². The van der Waals surface area contributed by atoms with Crippen molar-refractivity contribution in [3.63, 3.8) is 0 Å². The van der Waals surface area contributed by atoms with Crippen LogP contribution in [0.15, 0.2) is 34.7 Å². The summed E-state index contributed by atoms with van der Waals surface area (Å²) in [5.41, 5.74) is 9.79. The van der Waals surface area contributed by atoms with Gasteiger partial charge in [-0.25, -0.2) is 0 Å². The van der Waals surface area contributed by atoms with Gasteiger partial charge in [0.1, 0.15) is 11.5 Å². The van der Waals surface area contributed by atoms with Crippen LogP contribution in [0.5, 0.6) is 0 Å². The zero-order valence-corrected chi connectivity index (χ0v) is 9.95. The van der Waals surface area contributed by atoms with Crippen LogP contribution in [0.2, 0.25) is 0 Å². The summed E-state index contributed by atoms with van der Waals surface area (Å²) in [4.78, 5) is 0. The van der Waals surface area contributed by atoms with E-state index in [1.54, 1.807) is 0 Å². The third kappa shape index (κ3) is 2.02. The first-order valence-electron chi connectivity index (χ1n) is 5.47. The minimum absolute atomic E-state index is 0.173. The number of hydrogen-bond donors (Lipinski definition) is 1. The van der Waals surface area contributed by atoms with E-state index in [4.69, 9.17) is 10.2 Å². The molecule has 0 fully saturated rings. The van der Waals surface area contributed by atoms with Gasteiger partial charge in [-0.1, -0.05) is 18.2 Å². The molecule has 2 heteroatoms. The van der Waals surface area contributed by atoms with Gasteiger partial charge in [-0.15, -0.1) is 0 Å². The fourth-order valence-corrected chi connectivity index (χ4v) is 1.74. The Balaban J connectivity index is 2.33. The van der Waals surface area contributed by atoms with E-state index in [9.17, 15) is 0 Å². The van der Waals surface area contributed by atoms with Gasteiger partial charge in [0.25, 0.3) is 0 Å². The summed E-state index contributed by atoms with van der Waals surface area (Å²) in [6.07, 6.45) is 0. The van der Waals surface area contributed by atoms with Crippen LogP contribution in [0.25, 0.3) is 0 Å². The van der Waals surface area contributed by atoms with Gasteiger partial charge in [0, 0.05) is 0 Å². The highest BCUT2D eigenvalue weighted by atomic mass is 16.3. The Labute approximate surface area is 96.1 Å². The third-order valence-electron chi connectivity index (χ3n) is 2.96. The average Bonchev–Trinajstić information content (AvgIpc) is 2.68. The second-order valence-electron chi connectivity index (χ2n) is 4.27. The zero-order valence-electron chi connectivity index (χ0n) is 9.95. The summed E-state index contributed by atoms with van der Waals surface area (Å²) in [5.74, 6) is 1.72. The molecule has 0 aliphatic heterocycles. The van der Waals surface area contributed by atoms with Gasteiger partial charge in [0.2, 0.25) is 0 Å². The van der Waals surface area contributed by atoms with Gasteiger partial charge in [0.15, 0.2) is 0 Å². The number of aryl methyl sites for hydroxylation is 3. The highest BCUT2D eigenvalue weighted by Gasteiger charge is 2.12. The van der Waals surface area contributed by atoms with Crippen molar-refractivity contribution in [2.24, 2.45) is 5.73 Å². The molecule has 0 aliphatic carbocycles. The predicted octanol–water partition coefficient (Wildman–Crippen LogP) is 3.25. The van der Waals surface area contributed by atoms with Gasteiger partial charge in [-0.2, -0.15) is 0 Å². The Morgan fingerprint density at radius 1 is 1.00 bits per heavy atom. The molecule has 1 atom stereocenters. The van der Waals surface area contributed by atoms with Crippen molar-refractivity contribution in [2.75, 3.05) is 0 Å². The third-order valence-corrected chi connectivity index (χ3v) is 2.96. The van der Waals surface area contributed by atoms with Gasteiger partial charge >= 0.3 is 0 Å². The molecule has 0 radical (unpaired) electrons. The van der Waals surface area contributed by atoms with Crippen LogP contribution in [0.1, 0.15) is 34.3 Å². The fourth-order valence-electron chi connectivity index (χ4n) is 1.74. The largest absolute Gasteiger partial charge is 0.464 e. The fraction of sp³-hybridized carbons (Fsp3) is 0.286. The number of hydrogen-bond acceptors (Lipinski definition) is 2. The molecule has 0 aliphatic rings. The Kier molecular flexibility index (Phi) is 2.84. The molecule has 2 N–H and O–H groups in total. The van der Waals surface area contributed by atoms with E-state index in [1.807, 2.05) is 19.1 Å². The lowest BCUT2D eigenvalue weighted by atomic mass is 10.0. The molecule has 0 spiro atoms. The zero-order chi connectivity index (χ0) is 11.7. The van der Waals surface area contributed by atoms with Crippen LogP contribution >= 0.6 is 0 Å². The van der Waals surface area contributed by atoms with E-state index < -0.39 is 0 Å². The van der Waals surface area contributed by atoms with E-state index >= 15 is 0 Å². The maximum atomic E-state index is 6.15. The Morgan fingerprint density at radius 3 is 2.31 bits per heavy atom. The molecular formula is C14H17NO. The van der Waals surface area contributed by atoms with Crippen molar-refractivity contribution in [1.29, 1.82) is 0 Å². The van der Waals surface area contributed by atoms with Gasteiger partial charge in [0.05, 0.1) is 6.04 Å². The van der Waals surface area contributed by atoms with E-state index in [2.05, 4.69) is 32.0 Å². The highest BCUT2D eigenvalue weighted by molar-refractivity contribution is 5.34. The molecular weight excluding hydrogens is 198 g/mol. The molecule has 0 saturated heterocycles. The second-order valence-corrected chi connectivity index (χ2v) is 4.27. The molecule has 1 heterocycles. The summed E-state index contributed by atoms with van der Waals surface area (Å²) < 4.78 is 5.54. The molecule has 1 aromatic carbocycles. The smallest absolute Gasteiger partial charge is 0.125 e. The first kappa shape index (κ1) is 11.0. The Hall–Kier alpha value is -1.54. The van der Waals surface area contributed by atoms with E-state index in [-0.39, 0.29) is 6.04 Å². The minimum Gasteiger partial charge on any atom is -0.464 e. The summed E-state index contributed by atoms with van der Waals surface area (Å²) in [6, 6.07) is 9.99. The van der Waals surface area contributed by atoms with Gasteiger partial charge < -0.3 is 10.2 Å². The molecule has 1 unspecified atom stereocenters. The molecule has 16 heavy (non-hydrogen) atoms. The van der Waals surface area contributed by atoms with Crippen LogP contribution in [0, 0.1) is 20.8 Å². The van der Waals surface area contributed by atoms with Crippen LogP contribution in [0.3, 0.4) is 0 Å². The lowest BCUT2D eigenvalue weighted by Crippen LogP contribution is -2.11. The summed E-state index contributed by atoms with van der Waals surface area (Å²) >= 11 is 0. The normalized spacial score (nSPS) is 12.8. The minimum atomic E-state index is -0.173. The van der Waals surface area contributed by atoms with E-state index in [1.165, 1.54) is 11.1 Å². The van der Waals surface area contributed by atoms with Crippen molar-refractivity contribution in [3.05, 3.63) is 58.5 Å². The Morgan fingerprint density at radius 2 is 1.75 bits per heavy atom. The maximum Gasteiger partial charge on any atom is 0.125 e. The van der Waals surface area contributed by atoms with Crippen LogP contribution in [-0.4, -0.2) is 0 Å².